The number of carbonyl (C=O) groups is 1. The average Bonchev–Trinajstić information content (AvgIpc) is 2.74. The zero-order valence-corrected chi connectivity index (χ0v) is 13.3. The first-order chi connectivity index (χ1) is 8.49. The van der Waals surface area contributed by atoms with Gasteiger partial charge in [0, 0.05) is 15.5 Å². The first-order valence-electron chi connectivity index (χ1n) is 5.90. The molecule has 1 aromatic rings. The van der Waals surface area contributed by atoms with Crippen molar-refractivity contribution in [3.05, 3.63) is 32.2 Å². The molecule has 0 aromatic heterocycles. The topological polar surface area (TPSA) is 40.5 Å². The van der Waals surface area contributed by atoms with E-state index in [0.717, 1.165) is 39.5 Å². The van der Waals surface area contributed by atoms with E-state index in [1.807, 2.05) is 11.8 Å². The second-order valence-electron chi connectivity index (χ2n) is 4.65. The van der Waals surface area contributed by atoms with Crippen LogP contribution in [0.1, 0.15) is 24.0 Å². The summed E-state index contributed by atoms with van der Waals surface area (Å²) in [5.41, 5.74) is 2.29. The number of halogens is 2. The highest BCUT2D eigenvalue weighted by Crippen LogP contribution is 2.28. The van der Waals surface area contributed by atoms with Crippen molar-refractivity contribution >= 4 is 37.8 Å². The molecule has 0 bridgehead atoms. The quantitative estimate of drug-likeness (QED) is 0.876. The van der Waals surface area contributed by atoms with Crippen LogP contribution >= 0.6 is 31.9 Å². The van der Waals surface area contributed by atoms with Crippen LogP contribution in [0, 0.1) is 6.92 Å². The molecule has 1 fully saturated rings. The summed E-state index contributed by atoms with van der Waals surface area (Å²) < 4.78 is 2.11. The van der Waals surface area contributed by atoms with E-state index < -0.39 is 5.97 Å². The molecular weight excluding hydrogens is 362 g/mol. The van der Waals surface area contributed by atoms with Crippen LogP contribution in [0.5, 0.6) is 0 Å². The second kappa shape index (κ2) is 5.72. The average molecular weight is 377 g/mol. The van der Waals surface area contributed by atoms with Gasteiger partial charge in [-0.05, 0) is 49.6 Å². The summed E-state index contributed by atoms with van der Waals surface area (Å²) in [4.78, 5) is 13.2. The summed E-state index contributed by atoms with van der Waals surface area (Å²) in [5, 5.41) is 9.15. The summed E-state index contributed by atoms with van der Waals surface area (Å²) in [5.74, 6) is -0.710. The number of likely N-dealkylation sites (tertiary alicyclic amines) is 1. The van der Waals surface area contributed by atoms with E-state index in [4.69, 9.17) is 5.11 Å². The predicted molar refractivity (Wildman–Crippen MR) is 77.6 cm³/mol. The van der Waals surface area contributed by atoms with Crippen molar-refractivity contribution in [1.82, 2.24) is 4.90 Å². The number of carboxylic acid groups (broad SMARTS) is 1. The fraction of sp³-hybridized carbons (Fsp3) is 0.462. The zero-order chi connectivity index (χ0) is 13.3. The number of hydrogen-bond acceptors (Lipinski definition) is 2. The Morgan fingerprint density at radius 2 is 2.06 bits per heavy atom. The Morgan fingerprint density at radius 3 is 2.61 bits per heavy atom. The molecule has 1 saturated heterocycles. The highest BCUT2D eigenvalue weighted by Gasteiger charge is 2.30. The lowest BCUT2D eigenvalue weighted by Crippen LogP contribution is -2.35. The third-order valence-electron chi connectivity index (χ3n) is 3.38. The first kappa shape index (κ1) is 14.0. The molecule has 1 unspecified atom stereocenters. The molecule has 0 radical (unpaired) electrons. The van der Waals surface area contributed by atoms with Gasteiger partial charge in [0.15, 0.2) is 0 Å². The number of benzene rings is 1. The first-order valence-corrected chi connectivity index (χ1v) is 7.49. The highest BCUT2D eigenvalue weighted by atomic mass is 79.9. The maximum atomic E-state index is 11.1. The number of hydrogen-bond donors (Lipinski definition) is 1. The summed E-state index contributed by atoms with van der Waals surface area (Å²) in [6.07, 6.45) is 1.72. The van der Waals surface area contributed by atoms with Gasteiger partial charge in [-0.15, -0.1) is 0 Å². The van der Waals surface area contributed by atoms with Gasteiger partial charge in [0.1, 0.15) is 6.04 Å². The number of nitrogens with zero attached hydrogens (tertiary/aromatic N) is 1. The van der Waals surface area contributed by atoms with E-state index in [1.54, 1.807) is 0 Å². The van der Waals surface area contributed by atoms with Gasteiger partial charge in [-0.2, -0.15) is 0 Å². The van der Waals surface area contributed by atoms with Crippen molar-refractivity contribution in [2.45, 2.75) is 32.4 Å². The van der Waals surface area contributed by atoms with Crippen molar-refractivity contribution in [3.8, 4) is 0 Å². The van der Waals surface area contributed by atoms with E-state index in [9.17, 15) is 4.79 Å². The van der Waals surface area contributed by atoms with Gasteiger partial charge in [-0.1, -0.05) is 31.9 Å². The summed E-state index contributed by atoms with van der Waals surface area (Å²) >= 11 is 7.05. The molecular formula is C13H15Br2NO2. The normalized spacial score (nSPS) is 20.3. The van der Waals surface area contributed by atoms with Crippen LogP contribution in [0.15, 0.2) is 21.1 Å². The van der Waals surface area contributed by atoms with E-state index in [-0.39, 0.29) is 6.04 Å². The monoisotopic (exact) mass is 375 g/mol. The fourth-order valence-electron chi connectivity index (χ4n) is 2.32. The van der Waals surface area contributed by atoms with Crippen LogP contribution in [-0.2, 0) is 11.3 Å². The molecule has 1 aromatic carbocycles. The van der Waals surface area contributed by atoms with Gasteiger partial charge in [0.05, 0.1) is 0 Å². The maximum Gasteiger partial charge on any atom is 0.320 e. The molecule has 0 saturated carbocycles. The highest BCUT2D eigenvalue weighted by molar-refractivity contribution is 9.11. The fourth-order valence-corrected chi connectivity index (χ4v) is 3.60. The standard InChI is InChI=1S/C13H15Br2NO2/c1-8-10(14)5-9(6-11(8)15)7-16-4-2-3-12(16)13(17)18/h5-6,12H,2-4,7H2,1H3,(H,17,18). The minimum Gasteiger partial charge on any atom is -0.480 e. The Labute approximate surface area is 123 Å². The van der Waals surface area contributed by atoms with Gasteiger partial charge in [-0.25, -0.2) is 0 Å². The third-order valence-corrected chi connectivity index (χ3v) is 5.02. The van der Waals surface area contributed by atoms with E-state index in [1.165, 1.54) is 0 Å². The lowest BCUT2D eigenvalue weighted by molar-refractivity contribution is -0.142. The van der Waals surface area contributed by atoms with Gasteiger partial charge in [0.25, 0.3) is 0 Å². The van der Waals surface area contributed by atoms with Crippen molar-refractivity contribution < 1.29 is 9.90 Å². The minimum atomic E-state index is -0.710. The molecule has 2 rings (SSSR count). The van der Waals surface area contributed by atoms with Crippen LogP contribution in [0.25, 0.3) is 0 Å². The van der Waals surface area contributed by atoms with Crippen LogP contribution in [0.3, 0.4) is 0 Å². The molecule has 0 spiro atoms. The largest absolute Gasteiger partial charge is 0.480 e. The van der Waals surface area contributed by atoms with Gasteiger partial charge >= 0.3 is 5.97 Å². The molecule has 0 amide bonds. The van der Waals surface area contributed by atoms with Gasteiger partial charge < -0.3 is 5.11 Å². The van der Waals surface area contributed by atoms with E-state index >= 15 is 0 Å². The summed E-state index contributed by atoms with van der Waals surface area (Å²) in [6.45, 7) is 3.59. The zero-order valence-electron chi connectivity index (χ0n) is 10.1. The molecule has 0 aliphatic carbocycles. The van der Waals surface area contributed by atoms with Crippen LogP contribution in [0.2, 0.25) is 0 Å². The van der Waals surface area contributed by atoms with Crippen molar-refractivity contribution in [2.75, 3.05) is 6.54 Å². The Balaban J connectivity index is 2.16. The van der Waals surface area contributed by atoms with Crippen molar-refractivity contribution in [2.24, 2.45) is 0 Å². The van der Waals surface area contributed by atoms with Gasteiger partial charge in [0.2, 0.25) is 0 Å². The van der Waals surface area contributed by atoms with Gasteiger partial charge in [-0.3, -0.25) is 9.69 Å². The lowest BCUT2D eigenvalue weighted by Gasteiger charge is -2.21. The SMILES string of the molecule is Cc1c(Br)cc(CN2CCCC2C(=O)O)cc1Br. The second-order valence-corrected chi connectivity index (χ2v) is 6.36. The maximum absolute atomic E-state index is 11.1. The smallest absolute Gasteiger partial charge is 0.320 e. The molecule has 1 aliphatic heterocycles. The predicted octanol–water partition coefficient (Wildman–Crippen LogP) is 3.57. The van der Waals surface area contributed by atoms with E-state index in [0.29, 0.717) is 6.54 Å². The molecule has 1 heterocycles. The molecule has 1 atom stereocenters. The molecule has 3 nitrogen and oxygen atoms in total. The Bertz CT molecular complexity index is 453. The lowest BCUT2D eigenvalue weighted by atomic mass is 10.1. The van der Waals surface area contributed by atoms with Crippen LogP contribution < -0.4 is 0 Å². The van der Waals surface area contributed by atoms with Crippen molar-refractivity contribution in [1.29, 1.82) is 0 Å². The third kappa shape index (κ3) is 2.95. The Hall–Kier alpha value is -0.390. The molecule has 5 heteroatoms. The molecule has 1 N–H and O–H groups in total. The molecule has 1 aliphatic rings. The number of aliphatic carboxylic acids is 1. The minimum absolute atomic E-state index is 0.330. The Kier molecular flexibility index (Phi) is 4.45. The van der Waals surface area contributed by atoms with Crippen LogP contribution in [0.4, 0.5) is 0 Å². The summed E-state index contributed by atoms with van der Waals surface area (Å²) in [6, 6.07) is 3.80. The van der Waals surface area contributed by atoms with E-state index in [2.05, 4.69) is 44.0 Å². The number of rotatable bonds is 3. The number of carboxylic acids is 1. The molecule has 18 heavy (non-hydrogen) atoms. The summed E-state index contributed by atoms with van der Waals surface area (Å²) in [7, 11) is 0. The van der Waals surface area contributed by atoms with Crippen LogP contribution in [-0.4, -0.2) is 28.6 Å². The van der Waals surface area contributed by atoms with Crippen molar-refractivity contribution in [3.63, 3.8) is 0 Å². The molecule has 98 valence electrons. The Morgan fingerprint density at radius 1 is 1.44 bits per heavy atom.